The summed E-state index contributed by atoms with van der Waals surface area (Å²) in [5.41, 5.74) is 0. The van der Waals surface area contributed by atoms with Crippen LogP contribution in [0.5, 0.6) is 0 Å². The topological polar surface area (TPSA) is 33.1 Å². The Balaban J connectivity index is 1.43. The van der Waals surface area contributed by atoms with Crippen molar-refractivity contribution in [3.05, 3.63) is 12.4 Å². The number of rotatable bonds is 6. The Labute approximate surface area is 116 Å². The van der Waals surface area contributed by atoms with E-state index in [0.717, 1.165) is 12.5 Å². The van der Waals surface area contributed by atoms with Gasteiger partial charge in [-0.05, 0) is 51.7 Å². The largest absolute Gasteiger partial charge is 0.356 e. The molecule has 19 heavy (non-hydrogen) atoms. The molecular formula is C15H26N4. The summed E-state index contributed by atoms with van der Waals surface area (Å²) in [5, 5.41) is 3.52. The van der Waals surface area contributed by atoms with E-state index in [0.29, 0.717) is 6.04 Å². The minimum atomic E-state index is 0.684. The molecule has 1 N–H and O–H groups in total. The SMILES string of the molecule is c1cn(C2CCCC2)c(NCCCN2CCCC2)n1. The molecule has 2 fully saturated rings. The highest BCUT2D eigenvalue weighted by atomic mass is 15.2. The van der Waals surface area contributed by atoms with Crippen molar-refractivity contribution in [3.63, 3.8) is 0 Å². The van der Waals surface area contributed by atoms with E-state index in [1.165, 1.54) is 64.6 Å². The number of hydrogen-bond acceptors (Lipinski definition) is 3. The van der Waals surface area contributed by atoms with Crippen molar-refractivity contribution in [3.8, 4) is 0 Å². The summed E-state index contributed by atoms with van der Waals surface area (Å²) < 4.78 is 2.35. The van der Waals surface area contributed by atoms with E-state index in [9.17, 15) is 0 Å². The van der Waals surface area contributed by atoms with Gasteiger partial charge in [0, 0.05) is 25.0 Å². The van der Waals surface area contributed by atoms with Gasteiger partial charge in [-0.15, -0.1) is 0 Å². The van der Waals surface area contributed by atoms with Gasteiger partial charge >= 0.3 is 0 Å². The quantitative estimate of drug-likeness (QED) is 0.800. The Morgan fingerprint density at radius 3 is 2.74 bits per heavy atom. The first-order valence-electron chi connectivity index (χ1n) is 7.92. The molecule has 1 aromatic rings. The van der Waals surface area contributed by atoms with Crippen LogP contribution >= 0.6 is 0 Å². The van der Waals surface area contributed by atoms with Gasteiger partial charge in [-0.3, -0.25) is 0 Å². The maximum absolute atomic E-state index is 4.47. The Kier molecular flexibility index (Phi) is 4.38. The third-order valence-corrected chi connectivity index (χ3v) is 4.52. The molecule has 1 saturated heterocycles. The van der Waals surface area contributed by atoms with Gasteiger partial charge < -0.3 is 14.8 Å². The maximum Gasteiger partial charge on any atom is 0.203 e. The average Bonchev–Trinajstić information content (AvgIpc) is 3.15. The zero-order valence-corrected chi connectivity index (χ0v) is 11.9. The van der Waals surface area contributed by atoms with Gasteiger partial charge in [-0.2, -0.15) is 0 Å². The fraction of sp³-hybridized carbons (Fsp3) is 0.800. The lowest BCUT2D eigenvalue weighted by Gasteiger charge is -2.17. The predicted octanol–water partition coefficient (Wildman–Crippen LogP) is 2.90. The molecule has 0 aromatic carbocycles. The number of aromatic nitrogens is 2. The summed E-state index contributed by atoms with van der Waals surface area (Å²) in [6.07, 6.45) is 13.4. The third kappa shape index (κ3) is 3.30. The van der Waals surface area contributed by atoms with E-state index >= 15 is 0 Å². The van der Waals surface area contributed by atoms with Gasteiger partial charge in [-0.25, -0.2) is 4.98 Å². The van der Waals surface area contributed by atoms with Crippen LogP contribution in [-0.2, 0) is 0 Å². The van der Waals surface area contributed by atoms with Crippen molar-refractivity contribution >= 4 is 5.95 Å². The van der Waals surface area contributed by atoms with Crippen LogP contribution in [0.2, 0.25) is 0 Å². The van der Waals surface area contributed by atoms with Crippen molar-refractivity contribution in [2.75, 3.05) is 31.5 Å². The molecule has 4 heteroatoms. The summed E-state index contributed by atoms with van der Waals surface area (Å²) >= 11 is 0. The summed E-state index contributed by atoms with van der Waals surface area (Å²) in [6.45, 7) is 4.88. The first-order chi connectivity index (χ1) is 9.43. The number of likely N-dealkylation sites (tertiary alicyclic amines) is 1. The predicted molar refractivity (Wildman–Crippen MR) is 78.5 cm³/mol. The van der Waals surface area contributed by atoms with E-state index in [2.05, 4.69) is 26.0 Å². The van der Waals surface area contributed by atoms with Gasteiger partial charge in [0.05, 0.1) is 0 Å². The normalized spacial score (nSPS) is 21.3. The van der Waals surface area contributed by atoms with Gasteiger partial charge in [-0.1, -0.05) is 12.8 Å². The molecule has 0 unspecified atom stereocenters. The van der Waals surface area contributed by atoms with Crippen molar-refractivity contribution in [2.24, 2.45) is 0 Å². The molecule has 0 bridgehead atoms. The minimum Gasteiger partial charge on any atom is -0.356 e. The number of nitrogens with zero attached hydrogens (tertiary/aromatic N) is 3. The molecule has 106 valence electrons. The fourth-order valence-corrected chi connectivity index (χ4v) is 3.44. The van der Waals surface area contributed by atoms with Gasteiger partial charge in [0.25, 0.3) is 0 Å². The Bertz CT molecular complexity index is 375. The second-order valence-electron chi connectivity index (χ2n) is 5.93. The van der Waals surface area contributed by atoms with Crippen LogP contribution in [0.1, 0.15) is 51.0 Å². The Morgan fingerprint density at radius 1 is 1.16 bits per heavy atom. The van der Waals surface area contributed by atoms with E-state index in [4.69, 9.17) is 0 Å². The lowest BCUT2D eigenvalue weighted by Crippen LogP contribution is -2.22. The molecule has 2 aliphatic rings. The smallest absolute Gasteiger partial charge is 0.203 e. The second-order valence-corrected chi connectivity index (χ2v) is 5.93. The third-order valence-electron chi connectivity index (χ3n) is 4.52. The van der Waals surface area contributed by atoms with Crippen LogP contribution in [0, 0.1) is 0 Å². The second kappa shape index (κ2) is 6.42. The van der Waals surface area contributed by atoms with Crippen LogP contribution in [0.15, 0.2) is 12.4 Å². The standard InChI is InChI=1S/C15H26N4/c1-2-7-14(6-1)19-13-9-17-15(19)16-8-5-12-18-10-3-4-11-18/h9,13-14H,1-8,10-12H2,(H,16,17). The first kappa shape index (κ1) is 13.0. The van der Waals surface area contributed by atoms with Crippen LogP contribution in [0.25, 0.3) is 0 Å². The molecule has 0 amide bonds. The highest BCUT2D eigenvalue weighted by molar-refractivity contribution is 5.26. The molecule has 4 nitrogen and oxygen atoms in total. The van der Waals surface area contributed by atoms with Crippen LogP contribution in [0.3, 0.4) is 0 Å². The molecule has 0 spiro atoms. The molecule has 0 radical (unpaired) electrons. The van der Waals surface area contributed by atoms with E-state index in [-0.39, 0.29) is 0 Å². The molecule has 3 rings (SSSR count). The van der Waals surface area contributed by atoms with Crippen LogP contribution in [0.4, 0.5) is 5.95 Å². The number of nitrogens with one attached hydrogen (secondary N) is 1. The van der Waals surface area contributed by atoms with Gasteiger partial charge in [0.15, 0.2) is 0 Å². The zero-order valence-electron chi connectivity index (χ0n) is 11.9. The van der Waals surface area contributed by atoms with Crippen LogP contribution in [-0.4, -0.2) is 40.6 Å². The van der Waals surface area contributed by atoms with Crippen LogP contribution < -0.4 is 5.32 Å². The summed E-state index contributed by atoms with van der Waals surface area (Å²) in [5.74, 6) is 1.08. The monoisotopic (exact) mass is 262 g/mol. The van der Waals surface area contributed by atoms with Crippen molar-refractivity contribution in [1.82, 2.24) is 14.5 Å². The van der Waals surface area contributed by atoms with E-state index in [1.54, 1.807) is 0 Å². The Hall–Kier alpha value is -1.03. The fourth-order valence-electron chi connectivity index (χ4n) is 3.44. The zero-order chi connectivity index (χ0) is 12.9. The molecule has 2 heterocycles. The molecule has 1 aliphatic carbocycles. The molecule has 1 aromatic heterocycles. The van der Waals surface area contributed by atoms with Gasteiger partial charge in [0.2, 0.25) is 5.95 Å². The highest BCUT2D eigenvalue weighted by Gasteiger charge is 2.19. The molecule has 1 aliphatic heterocycles. The summed E-state index contributed by atoms with van der Waals surface area (Å²) in [6, 6.07) is 0.684. The average molecular weight is 262 g/mol. The van der Waals surface area contributed by atoms with Gasteiger partial charge in [0.1, 0.15) is 0 Å². The number of anilines is 1. The highest BCUT2D eigenvalue weighted by Crippen LogP contribution is 2.31. The minimum absolute atomic E-state index is 0.684. The van der Waals surface area contributed by atoms with E-state index < -0.39 is 0 Å². The summed E-state index contributed by atoms with van der Waals surface area (Å²) in [7, 11) is 0. The maximum atomic E-state index is 4.47. The first-order valence-corrected chi connectivity index (χ1v) is 7.92. The lowest BCUT2D eigenvalue weighted by molar-refractivity contribution is 0.337. The number of imidazole rings is 1. The molecule has 0 atom stereocenters. The molecule has 1 saturated carbocycles. The van der Waals surface area contributed by atoms with Crippen molar-refractivity contribution < 1.29 is 0 Å². The Morgan fingerprint density at radius 2 is 1.95 bits per heavy atom. The summed E-state index contributed by atoms with van der Waals surface area (Å²) in [4.78, 5) is 7.04. The van der Waals surface area contributed by atoms with Crippen molar-refractivity contribution in [2.45, 2.75) is 51.0 Å². The lowest BCUT2D eigenvalue weighted by atomic mass is 10.2. The number of hydrogen-bond donors (Lipinski definition) is 1. The van der Waals surface area contributed by atoms with E-state index in [1.807, 2.05) is 6.20 Å². The molecular weight excluding hydrogens is 236 g/mol. The van der Waals surface area contributed by atoms with Crippen molar-refractivity contribution in [1.29, 1.82) is 0 Å².